The van der Waals surface area contributed by atoms with E-state index < -0.39 is 0 Å². The van der Waals surface area contributed by atoms with E-state index in [1.165, 1.54) is 44.2 Å². The van der Waals surface area contributed by atoms with Gasteiger partial charge in [-0.15, -0.1) is 0 Å². The molecule has 0 fully saturated rings. The third-order valence-corrected chi connectivity index (χ3v) is 4.19. The highest BCUT2D eigenvalue weighted by Gasteiger charge is 2.04. The first-order valence-corrected chi connectivity index (χ1v) is 9.29. The molecule has 142 valence electrons. The van der Waals surface area contributed by atoms with Gasteiger partial charge in [-0.1, -0.05) is 31.4 Å². The molecule has 1 rings (SSSR count). The quantitative estimate of drug-likeness (QED) is 0.366. The second-order valence-electron chi connectivity index (χ2n) is 6.74. The number of nitrogens with one attached hydrogen (secondary N) is 2. The number of benzene rings is 1. The topological polar surface area (TPSA) is 48.9 Å². The van der Waals surface area contributed by atoms with Gasteiger partial charge in [-0.05, 0) is 52.0 Å². The van der Waals surface area contributed by atoms with Gasteiger partial charge in [0.2, 0.25) is 0 Å². The van der Waals surface area contributed by atoms with Gasteiger partial charge in [0, 0.05) is 25.7 Å². The molecule has 0 bridgehead atoms. The van der Waals surface area contributed by atoms with Crippen LogP contribution in [-0.2, 0) is 6.54 Å². The van der Waals surface area contributed by atoms with Crippen LogP contribution in [0.4, 0.5) is 0 Å². The van der Waals surface area contributed by atoms with Crippen molar-refractivity contribution in [2.75, 3.05) is 41.3 Å². The summed E-state index contributed by atoms with van der Waals surface area (Å²) >= 11 is 0. The normalized spacial score (nSPS) is 11.7. The van der Waals surface area contributed by atoms with Gasteiger partial charge >= 0.3 is 0 Å². The molecule has 0 aliphatic heterocycles. The summed E-state index contributed by atoms with van der Waals surface area (Å²) in [7, 11) is 7.79. The Labute approximate surface area is 153 Å². The fraction of sp³-hybridized carbons (Fsp3) is 0.650. The molecule has 1 aromatic rings. The van der Waals surface area contributed by atoms with Crippen LogP contribution in [0.15, 0.2) is 23.2 Å². The summed E-state index contributed by atoms with van der Waals surface area (Å²) in [5.74, 6) is 1.76. The number of ether oxygens (including phenoxy) is 1. The maximum absolute atomic E-state index is 5.45. The molecule has 2 N–H and O–H groups in total. The second kappa shape index (κ2) is 12.6. The number of unbranched alkanes of at least 4 members (excludes halogenated alkanes) is 4. The summed E-state index contributed by atoms with van der Waals surface area (Å²) in [5.41, 5.74) is 2.34. The minimum absolute atomic E-state index is 0.702. The van der Waals surface area contributed by atoms with Crippen LogP contribution >= 0.6 is 0 Å². The van der Waals surface area contributed by atoms with Gasteiger partial charge in [-0.2, -0.15) is 0 Å². The largest absolute Gasteiger partial charge is 0.496 e. The summed E-state index contributed by atoms with van der Waals surface area (Å²) in [4.78, 5) is 6.54. The lowest BCUT2D eigenvalue weighted by atomic mass is 10.1. The minimum atomic E-state index is 0.702. The number of guanidine groups is 1. The molecule has 0 aliphatic rings. The highest BCUT2D eigenvalue weighted by atomic mass is 16.5. The molecular weight excluding hydrogens is 312 g/mol. The fourth-order valence-electron chi connectivity index (χ4n) is 2.69. The summed E-state index contributed by atoms with van der Waals surface area (Å²) in [6.45, 7) is 4.92. The van der Waals surface area contributed by atoms with E-state index in [2.05, 4.69) is 59.7 Å². The zero-order valence-corrected chi connectivity index (χ0v) is 16.7. The summed E-state index contributed by atoms with van der Waals surface area (Å²) in [5, 5.41) is 6.74. The monoisotopic (exact) mass is 348 g/mol. The average Bonchev–Trinajstić information content (AvgIpc) is 2.60. The van der Waals surface area contributed by atoms with Crippen molar-refractivity contribution in [1.82, 2.24) is 15.5 Å². The van der Waals surface area contributed by atoms with Crippen LogP contribution in [0.3, 0.4) is 0 Å². The molecular formula is C20H36N4O. The molecule has 25 heavy (non-hydrogen) atoms. The van der Waals surface area contributed by atoms with E-state index in [0.717, 1.165) is 23.8 Å². The minimum Gasteiger partial charge on any atom is -0.496 e. The van der Waals surface area contributed by atoms with E-state index in [0.29, 0.717) is 6.54 Å². The maximum Gasteiger partial charge on any atom is 0.191 e. The van der Waals surface area contributed by atoms with E-state index in [9.17, 15) is 0 Å². The Kier molecular flexibility index (Phi) is 10.7. The third kappa shape index (κ3) is 9.34. The van der Waals surface area contributed by atoms with Crippen molar-refractivity contribution >= 4 is 5.96 Å². The summed E-state index contributed by atoms with van der Waals surface area (Å²) in [6, 6.07) is 6.26. The van der Waals surface area contributed by atoms with Crippen molar-refractivity contribution in [1.29, 1.82) is 0 Å². The zero-order valence-electron chi connectivity index (χ0n) is 16.7. The standard InChI is InChI=1S/C20H36N4O/c1-17-11-12-18(19(15-17)25-5)16-23-20(21-2)22-13-9-7-6-8-10-14-24(3)4/h11-12,15H,6-10,13-14,16H2,1-5H3,(H2,21,22,23). The van der Waals surface area contributed by atoms with Crippen LogP contribution in [0.1, 0.15) is 43.2 Å². The van der Waals surface area contributed by atoms with Crippen LogP contribution < -0.4 is 15.4 Å². The average molecular weight is 349 g/mol. The highest BCUT2D eigenvalue weighted by Crippen LogP contribution is 2.19. The molecule has 0 aliphatic carbocycles. The summed E-state index contributed by atoms with van der Waals surface area (Å²) < 4.78 is 5.45. The van der Waals surface area contributed by atoms with Crippen LogP contribution in [0.5, 0.6) is 5.75 Å². The van der Waals surface area contributed by atoms with E-state index in [-0.39, 0.29) is 0 Å². The van der Waals surface area contributed by atoms with E-state index >= 15 is 0 Å². The number of hydrogen-bond donors (Lipinski definition) is 2. The molecule has 0 amide bonds. The molecule has 0 saturated heterocycles. The van der Waals surface area contributed by atoms with E-state index in [1.807, 2.05) is 7.05 Å². The molecule has 0 heterocycles. The summed E-state index contributed by atoms with van der Waals surface area (Å²) in [6.07, 6.45) is 6.36. The Morgan fingerprint density at radius 2 is 1.80 bits per heavy atom. The molecule has 0 atom stereocenters. The molecule has 0 spiro atoms. The maximum atomic E-state index is 5.45. The molecule has 5 nitrogen and oxygen atoms in total. The Balaban J connectivity index is 2.21. The van der Waals surface area contributed by atoms with Crippen LogP contribution in [0, 0.1) is 6.92 Å². The molecule has 0 radical (unpaired) electrons. The Bertz CT molecular complexity index is 514. The molecule has 5 heteroatoms. The first-order valence-electron chi connectivity index (χ1n) is 9.29. The highest BCUT2D eigenvalue weighted by molar-refractivity contribution is 5.79. The van der Waals surface area contributed by atoms with Crippen molar-refractivity contribution in [3.8, 4) is 5.75 Å². The predicted octanol–water partition coefficient (Wildman–Crippen LogP) is 3.18. The van der Waals surface area contributed by atoms with E-state index in [1.54, 1.807) is 7.11 Å². The number of aliphatic imine (C=N–C) groups is 1. The SMILES string of the molecule is CN=C(NCCCCCCCN(C)C)NCc1ccc(C)cc1OC. The van der Waals surface area contributed by atoms with Crippen LogP contribution in [-0.4, -0.2) is 52.2 Å². The van der Waals surface area contributed by atoms with Gasteiger partial charge in [-0.25, -0.2) is 0 Å². The van der Waals surface area contributed by atoms with Crippen molar-refractivity contribution < 1.29 is 4.74 Å². The number of hydrogen-bond acceptors (Lipinski definition) is 3. The Morgan fingerprint density at radius 1 is 1.08 bits per heavy atom. The predicted molar refractivity (Wildman–Crippen MR) is 108 cm³/mol. The number of aryl methyl sites for hydroxylation is 1. The van der Waals surface area contributed by atoms with E-state index in [4.69, 9.17) is 4.74 Å². The lowest BCUT2D eigenvalue weighted by molar-refractivity contribution is 0.389. The Morgan fingerprint density at radius 3 is 2.48 bits per heavy atom. The van der Waals surface area contributed by atoms with Crippen molar-refractivity contribution in [2.24, 2.45) is 4.99 Å². The van der Waals surface area contributed by atoms with Gasteiger partial charge in [0.05, 0.1) is 7.11 Å². The van der Waals surface area contributed by atoms with Crippen molar-refractivity contribution in [2.45, 2.75) is 45.6 Å². The second-order valence-corrected chi connectivity index (χ2v) is 6.74. The lowest BCUT2D eigenvalue weighted by Crippen LogP contribution is -2.37. The fourth-order valence-corrected chi connectivity index (χ4v) is 2.69. The van der Waals surface area contributed by atoms with Gasteiger partial charge in [-0.3, -0.25) is 4.99 Å². The number of nitrogens with zero attached hydrogens (tertiary/aromatic N) is 2. The number of methoxy groups -OCH3 is 1. The van der Waals surface area contributed by atoms with Gasteiger partial charge < -0.3 is 20.3 Å². The van der Waals surface area contributed by atoms with Crippen LogP contribution in [0.25, 0.3) is 0 Å². The first-order chi connectivity index (χ1) is 12.1. The van der Waals surface area contributed by atoms with Crippen molar-refractivity contribution in [3.63, 3.8) is 0 Å². The van der Waals surface area contributed by atoms with Gasteiger partial charge in [0.1, 0.15) is 5.75 Å². The first kappa shape index (κ1) is 21.3. The molecule has 0 saturated carbocycles. The molecule has 0 unspecified atom stereocenters. The van der Waals surface area contributed by atoms with Crippen molar-refractivity contribution in [3.05, 3.63) is 29.3 Å². The lowest BCUT2D eigenvalue weighted by Gasteiger charge is -2.14. The van der Waals surface area contributed by atoms with Crippen LogP contribution in [0.2, 0.25) is 0 Å². The zero-order chi connectivity index (χ0) is 18.5. The molecule has 0 aromatic heterocycles. The smallest absolute Gasteiger partial charge is 0.191 e. The molecule has 1 aromatic carbocycles. The van der Waals surface area contributed by atoms with Gasteiger partial charge in [0.25, 0.3) is 0 Å². The van der Waals surface area contributed by atoms with Gasteiger partial charge in [0.15, 0.2) is 5.96 Å². The number of rotatable bonds is 11. The third-order valence-electron chi connectivity index (χ3n) is 4.19. The Hall–Kier alpha value is -1.75.